The average molecular weight is 348 g/mol. The quantitative estimate of drug-likeness (QED) is 0.876. The largest absolute Gasteiger partial charge is 0.480 e. The van der Waals surface area contributed by atoms with Gasteiger partial charge in [-0.1, -0.05) is 19.3 Å². The molecule has 1 aromatic heterocycles. The van der Waals surface area contributed by atoms with Gasteiger partial charge in [-0.25, -0.2) is 4.79 Å². The van der Waals surface area contributed by atoms with E-state index in [-0.39, 0.29) is 5.91 Å². The summed E-state index contributed by atoms with van der Waals surface area (Å²) in [7, 11) is 0. The van der Waals surface area contributed by atoms with Crippen molar-refractivity contribution >= 4 is 11.9 Å². The molecule has 1 aliphatic heterocycles. The first-order chi connectivity index (χ1) is 11.9. The zero-order valence-electron chi connectivity index (χ0n) is 15.1. The van der Waals surface area contributed by atoms with E-state index >= 15 is 0 Å². The van der Waals surface area contributed by atoms with Crippen LogP contribution in [-0.4, -0.2) is 40.3 Å². The molecule has 2 aliphatic rings. The van der Waals surface area contributed by atoms with E-state index in [0.717, 1.165) is 24.2 Å². The van der Waals surface area contributed by atoms with Crippen LogP contribution in [0.2, 0.25) is 0 Å². The van der Waals surface area contributed by atoms with Crippen LogP contribution in [0.1, 0.15) is 72.7 Å². The summed E-state index contributed by atoms with van der Waals surface area (Å²) in [4.78, 5) is 24.6. The number of nitrogens with zero attached hydrogens (tertiary/aromatic N) is 1. The number of aromatic nitrogens is 1. The molecular formula is C19H28N2O4. The second kappa shape index (κ2) is 7.20. The molecule has 0 unspecified atom stereocenters. The first-order valence-electron chi connectivity index (χ1n) is 9.27. The zero-order valence-corrected chi connectivity index (χ0v) is 15.1. The van der Waals surface area contributed by atoms with Crippen molar-refractivity contribution in [2.45, 2.75) is 70.4 Å². The van der Waals surface area contributed by atoms with Crippen molar-refractivity contribution in [1.29, 1.82) is 0 Å². The number of aryl methyl sites for hydroxylation is 1. The summed E-state index contributed by atoms with van der Waals surface area (Å²) < 4.78 is 7.54. The first-order valence-corrected chi connectivity index (χ1v) is 9.27. The van der Waals surface area contributed by atoms with Crippen LogP contribution in [0.15, 0.2) is 6.07 Å². The van der Waals surface area contributed by atoms with Gasteiger partial charge in [-0.05, 0) is 32.8 Å². The minimum absolute atomic E-state index is 0.292. The molecule has 1 aliphatic carbocycles. The summed E-state index contributed by atoms with van der Waals surface area (Å²) in [6, 6.07) is 2.35. The number of carboxylic acids is 1. The number of carbonyl (C=O) groups is 2. The second-order valence-electron chi connectivity index (χ2n) is 7.40. The Bertz CT molecular complexity index is 653. The lowest BCUT2D eigenvalue weighted by Crippen LogP contribution is -2.57. The van der Waals surface area contributed by atoms with Crippen molar-refractivity contribution < 1.29 is 19.4 Å². The molecule has 25 heavy (non-hydrogen) atoms. The van der Waals surface area contributed by atoms with Crippen LogP contribution >= 0.6 is 0 Å². The van der Waals surface area contributed by atoms with Gasteiger partial charge in [-0.15, -0.1) is 0 Å². The highest BCUT2D eigenvalue weighted by atomic mass is 16.5. The standard InChI is InChI=1S/C19H28N2O4/c1-13-12-16(14(2)21(13)15-6-4-3-5-7-15)17(22)20-19(18(23)24)8-10-25-11-9-19/h12,15H,3-11H2,1-2H3,(H,20,22)(H,23,24). The molecule has 6 heteroatoms. The van der Waals surface area contributed by atoms with Crippen LogP contribution in [0.25, 0.3) is 0 Å². The smallest absolute Gasteiger partial charge is 0.329 e. The molecule has 0 radical (unpaired) electrons. The molecule has 2 heterocycles. The summed E-state index contributed by atoms with van der Waals surface area (Å²) in [5.41, 5.74) is 1.39. The Morgan fingerprint density at radius 2 is 1.84 bits per heavy atom. The molecule has 1 amide bonds. The monoisotopic (exact) mass is 348 g/mol. The molecule has 2 fully saturated rings. The number of carboxylic acid groups (broad SMARTS) is 1. The van der Waals surface area contributed by atoms with E-state index in [0.29, 0.717) is 37.7 Å². The molecule has 1 saturated heterocycles. The number of nitrogens with one attached hydrogen (secondary N) is 1. The highest BCUT2D eigenvalue weighted by Crippen LogP contribution is 2.32. The van der Waals surface area contributed by atoms with E-state index < -0.39 is 11.5 Å². The lowest BCUT2D eigenvalue weighted by Gasteiger charge is -2.34. The molecule has 138 valence electrons. The molecule has 2 N–H and O–H groups in total. The molecule has 0 aromatic carbocycles. The molecule has 6 nitrogen and oxygen atoms in total. The number of aliphatic carboxylic acids is 1. The molecule has 0 spiro atoms. The van der Waals surface area contributed by atoms with Gasteiger partial charge < -0.3 is 19.7 Å². The SMILES string of the molecule is Cc1cc(C(=O)NC2(C(=O)O)CCOCC2)c(C)n1C1CCCCC1. The van der Waals surface area contributed by atoms with Gasteiger partial charge in [0.2, 0.25) is 0 Å². The third-order valence-electron chi connectivity index (χ3n) is 5.78. The number of hydrogen-bond acceptors (Lipinski definition) is 3. The third-order valence-corrected chi connectivity index (χ3v) is 5.78. The van der Waals surface area contributed by atoms with Gasteiger partial charge in [-0.2, -0.15) is 0 Å². The summed E-state index contributed by atoms with van der Waals surface area (Å²) in [6.45, 7) is 4.70. The normalized spacial score (nSPS) is 21.0. The van der Waals surface area contributed by atoms with Crippen molar-refractivity contribution in [3.8, 4) is 0 Å². The van der Waals surface area contributed by atoms with Crippen molar-refractivity contribution in [3.63, 3.8) is 0 Å². The van der Waals surface area contributed by atoms with Gasteiger partial charge in [-0.3, -0.25) is 4.79 Å². The minimum atomic E-state index is -1.22. The summed E-state index contributed by atoms with van der Waals surface area (Å²) in [5.74, 6) is -1.27. The predicted molar refractivity (Wildman–Crippen MR) is 93.9 cm³/mol. The number of amides is 1. The van der Waals surface area contributed by atoms with Crippen molar-refractivity contribution in [1.82, 2.24) is 9.88 Å². The summed E-state index contributed by atoms with van der Waals surface area (Å²) >= 11 is 0. The summed E-state index contributed by atoms with van der Waals surface area (Å²) in [5, 5.41) is 12.4. The molecule has 0 atom stereocenters. The van der Waals surface area contributed by atoms with Crippen molar-refractivity contribution in [2.24, 2.45) is 0 Å². The van der Waals surface area contributed by atoms with Gasteiger partial charge in [0.25, 0.3) is 5.91 Å². The second-order valence-corrected chi connectivity index (χ2v) is 7.40. The van der Waals surface area contributed by atoms with Gasteiger partial charge in [0, 0.05) is 43.5 Å². The Kier molecular flexibility index (Phi) is 5.18. The predicted octanol–water partition coefficient (Wildman–Crippen LogP) is 2.97. The molecular weight excluding hydrogens is 320 g/mol. The van der Waals surface area contributed by atoms with Crippen LogP contribution in [0.5, 0.6) is 0 Å². The molecule has 0 bridgehead atoms. The van der Waals surface area contributed by atoms with Gasteiger partial charge in [0.15, 0.2) is 0 Å². The maximum absolute atomic E-state index is 12.9. The number of hydrogen-bond donors (Lipinski definition) is 2. The fraction of sp³-hybridized carbons (Fsp3) is 0.684. The van der Waals surface area contributed by atoms with Crippen LogP contribution in [-0.2, 0) is 9.53 Å². The third kappa shape index (κ3) is 3.45. The van der Waals surface area contributed by atoms with Crippen molar-refractivity contribution in [3.05, 3.63) is 23.0 Å². The summed E-state index contributed by atoms with van der Waals surface area (Å²) in [6.07, 6.45) is 6.63. The van der Waals surface area contributed by atoms with Crippen LogP contribution in [0.4, 0.5) is 0 Å². The Morgan fingerprint density at radius 1 is 1.20 bits per heavy atom. The topological polar surface area (TPSA) is 80.6 Å². The number of ether oxygens (including phenoxy) is 1. The Hall–Kier alpha value is -1.82. The molecule has 3 rings (SSSR count). The fourth-order valence-electron chi connectivity index (χ4n) is 4.30. The highest BCUT2D eigenvalue weighted by Gasteiger charge is 2.42. The van der Waals surface area contributed by atoms with E-state index in [1.807, 2.05) is 19.9 Å². The van der Waals surface area contributed by atoms with Gasteiger partial charge in [0.1, 0.15) is 5.54 Å². The Labute approximate surface area is 148 Å². The number of rotatable bonds is 4. The maximum Gasteiger partial charge on any atom is 0.329 e. The maximum atomic E-state index is 12.9. The highest BCUT2D eigenvalue weighted by molar-refractivity contribution is 5.99. The minimum Gasteiger partial charge on any atom is -0.480 e. The number of carbonyl (C=O) groups excluding carboxylic acids is 1. The van der Waals surface area contributed by atoms with E-state index in [1.165, 1.54) is 19.3 Å². The van der Waals surface area contributed by atoms with Crippen molar-refractivity contribution in [2.75, 3.05) is 13.2 Å². The van der Waals surface area contributed by atoms with E-state index in [1.54, 1.807) is 0 Å². The van der Waals surface area contributed by atoms with E-state index in [4.69, 9.17) is 4.74 Å². The van der Waals surface area contributed by atoms with E-state index in [9.17, 15) is 14.7 Å². The van der Waals surface area contributed by atoms with Gasteiger partial charge in [0.05, 0.1) is 5.56 Å². The van der Waals surface area contributed by atoms with Crippen LogP contribution in [0, 0.1) is 13.8 Å². The van der Waals surface area contributed by atoms with Crippen LogP contribution < -0.4 is 5.32 Å². The lowest BCUT2D eigenvalue weighted by molar-refractivity contribution is -0.148. The zero-order chi connectivity index (χ0) is 18.0. The Morgan fingerprint density at radius 3 is 2.44 bits per heavy atom. The molecule has 1 aromatic rings. The molecule has 1 saturated carbocycles. The lowest BCUT2D eigenvalue weighted by atomic mass is 9.89. The Balaban J connectivity index is 1.83. The fourth-order valence-corrected chi connectivity index (χ4v) is 4.30. The van der Waals surface area contributed by atoms with Crippen LogP contribution in [0.3, 0.4) is 0 Å². The first kappa shape index (κ1) is 18.0. The van der Waals surface area contributed by atoms with E-state index in [2.05, 4.69) is 9.88 Å². The van der Waals surface area contributed by atoms with Gasteiger partial charge >= 0.3 is 5.97 Å². The average Bonchev–Trinajstić information content (AvgIpc) is 2.91.